The number of fused-ring (bicyclic) bond motifs is 1. The van der Waals surface area contributed by atoms with Crippen LogP contribution < -0.4 is 5.32 Å². The standard InChI is InChI=1S/C14H14ClN3S2/c1-3-10-7-16-13(19-10)8(2)17-14-18-11-5-4-9(15)6-12(11)20-14/h4-8H,3H2,1-2H3,(H,17,18). The van der Waals surface area contributed by atoms with E-state index in [1.807, 2.05) is 24.4 Å². The number of hydrogen-bond acceptors (Lipinski definition) is 5. The summed E-state index contributed by atoms with van der Waals surface area (Å²) in [5.41, 5.74) is 0.975. The van der Waals surface area contributed by atoms with Crippen LogP contribution in [0.2, 0.25) is 5.02 Å². The van der Waals surface area contributed by atoms with E-state index in [4.69, 9.17) is 11.6 Å². The predicted octanol–water partition coefficient (Wildman–Crippen LogP) is 5.14. The Morgan fingerprint density at radius 1 is 1.35 bits per heavy atom. The number of nitrogens with zero attached hydrogens (tertiary/aromatic N) is 2. The van der Waals surface area contributed by atoms with Crippen LogP contribution in [-0.4, -0.2) is 9.97 Å². The molecular formula is C14H14ClN3S2. The van der Waals surface area contributed by atoms with Crippen LogP contribution >= 0.6 is 34.3 Å². The first-order valence-corrected chi connectivity index (χ1v) is 8.44. The Labute approximate surface area is 130 Å². The maximum absolute atomic E-state index is 6.00. The van der Waals surface area contributed by atoms with Crippen LogP contribution in [0.1, 0.15) is 29.8 Å². The summed E-state index contributed by atoms with van der Waals surface area (Å²) in [7, 11) is 0. The number of anilines is 1. The van der Waals surface area contributed by atoms with Gasteiger partial charge in [0, 0.05) is 16.1 Å². The molecule has 0 amide bonds. The number of rotatable bonds is 4. The number of halogens is 1. The SMILES string of the molecule is CCc1cnc(C(C)Nc2nc3ccc(Cl)cc3s2)s1. The molecule has 1 unspecified atom stereocenters. The molecule has 3 aromatic rings. The smallest absolute Gasteiger partial charge is 0.184 e. The van der Waals surface area contributed by atoms with Gasteiger partial charge in [0.25, 0.3) is 0 Å². The van der Waals surface area contributed by atoms with Gasteiger partial charge in [0.05, 0.1) is 16.3 Å². The van der Waals surface area contributed by atoms with E-state index in [-0.39, 0.29) is 6.04 Å². The molecule has 0 bridgehead atoms. The Hall–Kier alpha value is -1.17. The molecule has 0 aliphatic carbocycles. The summed E-state index contributed by atoms with van der Waals surface area (Å²) in [5.74, 6) is 0. The van der Waals surface area contributed by atoms with Crippen molar-refractivity contribution in [1.82, 2.24) is 9.97 Å². The van der Waals surface area contributed by atoms with Gasteiger partial charge in [0.15, 0.2) is 5.13 Å². The van der Waals surface area contributed by atoms with Gasteiger partial charge in [-0.3, -0.25) is 0 Å². The van der Waals surface area contributed by atoms with Crippen molar-refractivity contribution in [3.05, 3.63) is 39.3 Å². The molecule has 6 heteroatoms. The van der Waals surface area contributed by atoms with Gasteiger partial charge in [-0.15, -0.1) is 11.3 Å². The number of nitrogens with one attached hydrogen (secondary N) is 1. The highest BCUT2D eigenvalue weighted by atomic mass is 35.5. The minimum atomic E-state index is 0.163. The second-order valence-electron chi connectivity index (χ2n) is 4.52. The first-order chi connectivity index (χ1) is 9.65. The molecule has 1 aromatic carbocycles. The molecule has 0 saturated carbocycles. The van der Waals surface area contributed by atoms with Gasteiger partial charge in [-0.05, 0) is 31.5 Å². The van der Waals surface area contributed by atoms with Crippen LogP contribution in [-0.2, 0) is 6.42 Å². The molecular weight excluding hydrogens is 310 g/mol. The Kier molecular flexibility index (Phi) is 3.92. The third-order valence-electron chi connectivity index (χ3n) is 2.98. The van der Waals surface area contributed by atoms with E-state index < -0.39 is 0 Å². The molecule has 0 radical (unpaired) electrons. The Bertz CT molecular complexity index is 735. The van der Waals surface area contributed by atoms with Crippen LogP contribution in [0.5, 0.6) is 0 Å². The molecule has 0 spiro atoms. The second kappa shape index (κ2) is 5.68. The summed E-state index contributed by atoms with van der Waals surface area (Å²) in [5, 5.41) is 6.16. The molecule has 20 heavy (non-hydrogen) atoms. The van der Waals surface area contributed by atoms with Gasteiger partial charge in [-0.1, -0.05) is 29.9 Å². The molecule has 3 nitrogen and oxygen atoms in total. The van der Waals surface area contributed by atoms with Gasteiger partial charge in [0.1, 0.15) is 5.01 Å². The highest BCUT2D eigenvalue weighted by molar-refractivity contribution is 7.22. The molecule has 2 aromatic heterocycles. The van der Waals surface area contributed by atoms with Crippen molar-refractivity contribution in [2.45, 2.75) is 26.3 Å². The molecule has 104 valence electrons. The van der Waals surface area contributed by atoms with Crippen LogP contribution in [0.15, 0.2) is 24.4 Å². The molecule has 2 heterocycles. The van der Waals surface area contributed by atoms with E-state index in [2.05, 4.69) is 29.1 Å². The lowest BCUT2D eigenvalue weighted by Crippen LogP contribution is -2.05. The van der Waals surface area contributed by atoms with Gasteiger partial charge in [0.2, 0.25) is 0 Å². The quantitative estimate of drug-likeness (QED) is 0.722. The average molecular weight is 324 g/mol. The number of benzene rings is 1. The van der Waals surface area contributed by atoms with Crippen molar-refractivity contribution >= 4 is 49.6 Å². The molecule has 1 N–H and O–H groups in total. The van der Waals surface area contributed by atoms with E-state index in [1.165, 1.54) is 4.88 Å². The third-order valence-corrected chi connectivity index (χ3v) is 5.49. The summed E-state index contributed by atoms with van der Waals surface area (Å²) in [6.45, 7) is 4.25. The zero-order chi connectivity index (χ0) is 14.1. The van der Waals surface area contributed by atoms with Crippen molar-refractivity contribution in [1.29, 1.82) is 0 Å². The maximum Gasteiger partial charge on any atom is 0.184 e. The second-order valence-corrected chi connectivity index (χ2v) is 7.13. The van der Waals surface area contributed by atoms with Gasteiger partial charge in [-0.25, -0.2) is 9.97 Å². The minimum absolute atomic E-state index is 0.163. The zero-order valence-electron chi connectivity index (χ0n) is 11.2. The number of aromatic nitrogens is 2. The van der Waals surface area contributed by atoms with Crippen molar-refractivity contribution < 1.29 is 0 Å². The Morgan fingerprint density at radius 2 is 2.20 bits per heavy atom. The highest BCUT2D eigenvalue weighted by Gasteiger charge is 2.12. The molecule has 0 aliphatic heterocycles. The largest absolute Gasteiger partial charge is 0.353 e. The summed E-state index contributed by atoms with van der Waals surface area (Å²) in [6, 6.07) is 5.92. The molecule has 0 aliphatic rings. The van der Waals surface area contributed by atoms with Crippen LogP contribution in [0.3, 0.4) is 0 Å². The Balaban J connectivity index is 1.81. The fourth-order valence-corrected chi connectivity index (χ4v) is 3.98. The first kappa shape index (κ1) is 13.8. The summed E-state index contributed by atoms with van der Waals surface area (Å²) < 4.78 is 1.10. The lowest BCUT2D eigenvalue weighted by Gasteiger charge is -2.08. The third kappa shape index (κ3) is 2.80. The zero-order valence-corrected chi connectivity index (χ0v) is 13.6. The van der Waals surface area contributed by atoms with Gasteiger partial charge in [-0.2, -0.15) is 0 Å². The van der Waals surface area contributed by atoms with Gasteiger partial charge < -0.3 is 5.32 Å². The van der Waals surface area contributed by atoms with Crippen LogP contribution in [0, 0.1) is 0 Å². The Morgan fingerprint density at radius 3 is 2.95 bits per heavy atom. The fourth-order valence-electron chi connectivity index (χ4n) is 1.89. The van der Waals surface area contributed by atoms with Crippen molar-refractivity contribution in [2.24, 2.45) is 0 Å². The van der Waals surface area contributed by atoms with Crippen LogP contribution in [0.25, 0.3) is 10.2 Å². The monoisotopic (exact) mass is 323 g/mol. The summed E-state index contributed by atoms with van der Waals surface area (Å²) in [6.07, 6.45) is 2.99. The van der Waals surface area contributed by atoms with Crippen molar-refractivity contribution in [2.75, 3.05) is 5.32 Å². The first-order valence-electron chi connectivity index (χ1n) is 6.43. The normalized spacial score (nSPS) is 12.8. The number of thiazole rings is 2. The fraction of sp³-hybridized carbons (Fsp3) is 0.286. The lowest BCUT2D eigenvalue weighted by molar-refractivity contribution is 0.867. The van der Waals surface area contributed by atoms with Crippen molar-refractivity contribution in [3.63, 3.8) is 0 Å². The van der Waals surface area contributed by atoms with E-state index >= 15 is 0 Å². The highest BCUT2D eigenvalue weighted by Crippen LogP contribution is 2.31. The van der Waals surface area contributed by atoms with Crippen LogP contribution in [0.4, 0.5) is 5.13 Å². The molecule has 1 atom stereocenters. The molecule has 0 saturated heterocycles. The van der Waals surface area contributed by atoms with E-state index in [0.717, 1.165) is 31.8 Å². The average Bonchev–Trinajstić information content (AvgIpc) is 3.03. The number of hydrogen-bond donors (Lipinski definition) is 1. The summed E-state index contributed by atoms with van der Waals surface area (Å²) in [4.78, 5) is 10.3. The molecule has 3 rings (SSSR count). The maximum atomic E-state index is 6.00. The lowest BCUT2D eigenvalue weighted by atomic mass is 10.3. The van der Waals surface area contributed by atoms with Gasteiger partial charge >= 0.3 is 0 Å². The van der Waals surface area contributed by atoms with Crippen molar-refractivity contribution in [3.8, 4) is 0 Å². The van der Waals surface area contributed by atoms with E-state index in [9.17, 15) is 0 Å². The summed E-state index contributed by atoms with van der Waals surface area (Å²) >= 11 is 9.37. The number of aryl methyl sites for hydroxylation is 1. The minimum Gasteiger partial charge on any atom is -0.353 e. The van der Waals surface area contributed by atoms with E-state index in [0.29, 0.717) is 0 Å². The van der Waals surface area contributed by atoms with E-state index in [1.54, 1.807) is 22.7 Å². The topological polar surface area (TPSA) is 37.8 Å². The molecule has 0 fully saturated rings. The predicted molar refractivity (Wildman–Crippen MR) is 88.2 cm³/mol.